The number of H-pyrrole nitrogens is 1. The van der Waals surface area contributed by atoms with E-state index in [1.165, 1.54) is 0 Å². The number of carbonyl (C=O) groups is 2. The molecule has 5 nitrogen and oxygen atoms in total. The number of hydrogen-bond donors (Lipinski definition) is 1. The van der Waals surface area contributed by atoms with Gasteiger partial charge in [0.05, 0.1) is 5.56 Å². The molecule has 1 aliphatic heterocycles. The van der Waals surface area contributed by atoms with Crippen molar-refractivity contribution in [3.63, 3.8) is 0 Å². The van der Waals surface area contributed by atoms with Gasteiger partial charge in [-0.25, -0.2) is 0 Å². The third-order valence-corrected chi connectivity index (χ3v) is 5.05. The van der Waals surface area contributed by atoms with E-state index in [1.807, 2.05) is 65.3 Å². The van der Waals surface area contributed by atoms with Crippen molar-refractivity contribution in [1.82, 2.24) is 14.8 Å². The summed E-state index contributed by atoms with van der Waals surface area (Å²) < 4.78 is 0. The molecule has 2 amide bonds. The van der Waals surface area contributed by atoms with Crippen LogP contribution in [0.15, 0.2) is 54.7 Å². The van der Waals surface area contributed by atoms with Crippen LogP contribution in [0.1, 0.15) is 26.3 Å². The lowest BCUT2D eigenvalue weighted by molar-refractivity contribution is 0.0536. The zero-order valence-corrected chi connectivity index (χ0v) is 14.7. The van der Waals surface area contributed by atoms with Gasteiger partial charge >= 0.3 is 0 Å². The molecule has 3 aromatic rings. The van der Waals surface area contributed by atoms with Crippen LogP contribution in [0, 0.1) is 6.92 Å². The highest BCUT2D eigenvalue weighted by molar-refractivity contribution is 6.06. The molecule has 0 radical (unpaired) electrons. The van der Waals surface area contributed by atoms with Crippen molar-refractivity contribution in [2.75, 3.05) is 26.2 Å². The summed E-state index contributed by atoms with van der Waals surface area (Å²) in [4.78, 5) is 32.4. The third-order valence-electron chi connectivity index (χ3n) is 5.05. The summed E-state index contributed by atoms with van der Waals surface area (Å²) >= 11 is 0. The zero-order valence-electron chi connectivity index (χ0n) is 14.7. The second-order valence-electron chi connectivity index (χ2n) is 6.65. The summed E-state index contributed by atoms with van der Waals surface area (Å²) in [6.45, 7) is 4.17. The first-order chi connectivity index (χ1) is 12.6. The zero-order chi connectivity index (χ0) is 18.1. The lowest BCUT2D eigenvalue weighted by Gasteiger charge is -2.35. The molecule has 1 N–H and O–H groups in total. The number of benzene rings is 2. The highest BCUT2D eigenvalue weighted by Crippen LogP contribution is 2.20. The molecule has 0 atom stereocenters. The number of carbonyl (C=O) groups excluding carboxylic acids is 2. The molecule has 0 spiro atoms. The maximum Gasteiger partial charge on any atom is 0.256 e. The number of rotatable bonds is 2. The molecule has 1 fully saturated rings. The predicted molar refractivity (Wildman–Crippen MR) is 101 cm³/mol. The summed E-state index contributed by atoms with van der Waals surface area (Å²) in [6, 6.07) is 15.4. The van der Waals surface area contributed by atoms with E-state index in [9.17, 15) is 9.59 Å². The number of aryl methyl sites for hydroxylation is 1. The number of amides is 2. The Kier molecular flexibility index (Phi) is 4.21. The highest BCUT2D eigenvalue weighted by atomic mass is 16.2. The van der Waals surface area contributed by atoms with E-state index in [4.69, 9.17) is 0 Å². The number of aromatic nitrogens is 1. The minimum absolute atomic E-state index is 0.0189. The second kappa shape index (κ2) is 6.67. The van der Waals surface area contributed by atoms with Crippen molar-refractivity contribution < 1.29 is 9.59 Å². The third kappa shape index (κ3) is 2.86. The maximum absolute atomic E-state index is 12.9. The molecule has 5 heteroatoms. The molecule has 26 heavy (non-hydrogen) atoms. The van der Waals surface area contributed by atoms with Gasteiger partial charge in [0.2, 0.25) is 0 Å². The molecule has 0 unspecified atom stereocenters. The molecule has 0 bridgehead atoms. The number of piperazine rings is 1. The van der Waals surface area contributed by atoms with Gasteiger partial charge in [0.25, 0.3) is 11.8 Å². The highest BCUT2D eigenvalue weighted by Gasteiger charge is 2.27. The van der Waals surface area contributed by atoms with E-state index in [0.29, 0.717) is 31.7 Å². The molecule has 2 aromatic carbocycles. The molecular formula is C21H21N3O2. The number of para-hydroxylation sites is 1. The van der Waals surface area contributed by atoms with Crippen LogP contribution in [0.3, 0.4) is 0 Å². The van der Waals surface area contributed by atoms with E-state index in [-0.39, 0.29) is 11.8 Å². The van der Waals surface area contributed by atoms with Crippen LogP contribution in [-0.2, 0) is 0 Å². The van der Waals surface area contributed by atoms with Gasteiger partial charge in [-0.1, -0.05) is 36.4 Å². The average Bonchev–Trinajstić information content (AvgIpc) is 3.11. The lowest BCUT2D eigenvalue weighted by atomic mass is 10.1. The largest absolute Gasteiger partial charge is 0.360 e. The standard InChI is InChI=1S/C21H21N3O2/c1-15-6-2-3-7-16(15)20(25)23-10-12-24(13-11-23)21(26)18-14-22-19-9-5-4-8-17(18)19/h2-9,14,22H,10-13H2,1H3. The SMILES string of the molecule is Cc1ccccc1C(=O)N1CCN(C(=O)c2c[nH]c3ccccc23)CC1. The Labute approximate surface area is 152 Å². The van der Waals surface area contributed by atoms with Crippen molar-refractivity contribution in [2.45, 2.75) is 6.92 Å². The number of nitrogens with one attached hydrogen (secondary N) is 1. The Hall–Kier alpha value is -3.08. The molecule has 2 heterocycles. The van der Waals surface area contributed by atoms with Crippen LogP contribution in [0.4, 0.5) is 0 Å². The Morgan fingerprint density at radius 3 is 2.08 bits per heavy atom. The van der Waals surface area contributed by atoms with Crippen molar-refractivity contribution in [2.24, 2.45) is 0 Å². The van der Waals surface area contributed by atoms with Crippen molar-refractivity contribution in [3.05, 3.63) is 71.4 Å². The normalized spacial score (nSPS) is 14.7. The fourth-order valence-electron chi connectivity index (χ4n) is 3.51. The fraction of sp³-hybridized carbons (Fsp3) is 0.238. The summed E-state index contributed by atoms with van der Waals surface area (Å²) in [6.07, 6.45) is 1.78. The molecular weight excluding hydrogens is 326 g/mol. The van der Waals surface area contributed by atoms with Crippen LogP contribution in [0.5, 0.6) is 0 Å². The lowest BCUT2D eigenvalue weighted by Crippen LogP contribution is -2.50. The number of aromatic amines is 1. The first-order valence-corrected chi connectivity index (χ1v) is 8.85. The summed E-state index contributed by atoms with van der Waals surface area (Å²) in [5.74, 6) is 0.0627. The van der Waals surface area contributed by atoms with Crippen LogP contribution >= 0.6 is 0 Å². The van der Waals surface area contributed by atoms with Gasteiger partial charge < -0.3 is 14.8 Å². The molecule has 1 aliphatic rings. The molecule has 0 saturated carbocycles. The Morgan fingerprint density at radius 1 is 0.808 bits per heavy atom. The molecule has 0 aliphatic carbocycles. The summed E-state index contributed by atoms with van der Waals surface area (Å²) in [5.41, 5.74) is 3.38. The molecule has 132 valence electrons. The maximum atomic E-state index is 12.9. The minimum atomic E-state index is 0.0189. The monoisotopic (exact) mass is 347 g/mol. The van der Waals surface area contributed by atoms with Crippen LogP contribution in [-0.4, -0.2) is 52.8 Å². The topological polar surface area (TPSA) is 56.4 Å². The number of nitrogens with zero attached hydrogens (tertiary/aromatic N) is 2. The molecule has 4 rings (SSSR count). The minimum Gasteiger partial charge on any atom is -0.360 e. The quantitative estimate of drug-likeness (QED) is 0.774. The van der Waals surface area contributed by atoms with Crippen LogP contribution in [0.2, 0.25) is 0 Å². The van der Waals surface area contributed by atoms with Crippen molar-refractivity contribution in [1.29, 1.82) is 0 Å². The predicted octanol–water partition coefficient (Wildman–Crippen LogP) is 3.07. The van der Waals surface area contributed by atoms with E-state index in [2.05, 4.69) is 4.98 Å². The molecule has 1 saturated heterocycles. The first kappa shape index (κ1) is 16.4. The van der Waals surface area contributed by atoms with Gasteiger partial charge in [-0.15, -0.1) is 0 Å². The van der Waals surface area contributed by atoms with E-state index in [1.54, 1.807) is 6.20 Å². The van der Waals surface area contributed by atoms with Crippen molar-refractivity contribution in [3.8, 4) is 0 Å². The fourth-order valence-corrected chi connectivity index (χ4v) is 3.51. The van der Waals surface area contributed by atoms with E-state index >= 15 is 0 Å². The summed E-state index contributed by atoms with van der Waals surface area (Å²) in [7, 11) is 0. The van der Waals surface area contributed by atoms with Crippen LogP contribution in [0.25, 0.3) is 10.9 Å². The van der Waals surface area contributed by atoms with Gasteiger partial charge in [0.1, 0.15) is 0 Å². The smallest absolute Gasteiger partial charge is 0.256 e. The van der Waals surface area contributed by atoms with Gasteiger partial charge in [-0.3, -0.25) is 9.59 Å². The summed E-state index contributed by atoms with van der Waals surface area (Å²) in [5, 5.41) is 0.941. The van der Waals surface area contributed by atoms with E-state index in [0.717, 1.165) is 22.0 Å². The Balaban J connectivity index is 1.46. The second-order valence-corrected chi connectivity index (χ2v) is 6.65. The Morgan fingerprint density at radius 2 is 1.38 bits per heavy atom. The first-order valence-electron chi connectivity index (χ1n) is 8.85. The van der Waals surface area contributed by atoms with Gasteiger partial charge in [0, 0.05) is 48.8 Å². The van der Waals surface area contributed by atoms with Crippen molar-refractivity contribution >= 4 is 22.7 Å². The molecule has 1 aromatic heterocycles. The average molecular weight is 347 g/mol. The van der Waals surface area contributed by atoms with E-state index < -0.39 is 0 Å². The van der Waals surface area contributed by atoms with Gasteiger partial charge in [0.15, 0.2) is 0 Å². The van der Waals surface area contributed by atoms with Crippen LogP contribution < -0.4 is 0 Å². The van der Waals surface area contributed by atoms with Gasteiger partial charge in [-0.05, 0) is 24.6 Å². The number of fused-ring (bicyclic) bond motifs is 1. The van der Waals surface area contributed by atoms with Gasteiger partial charge in [-0.2, -0.15) is 0 Å². The Bertz CT molecular complexity index is 968. The number of hydrogen-bond acceptors (Lipinski definition) is 2.